The first-order valence-corrected chi connectivity index (χ1v) is 4.08. The monoisotopic (exact) mass is 167 g/mol. The summed E-state index contributed by atoms with van der Waals surface area (Å²) in [6.07, 6.45) is 10.5. The third-order valence-electron chi connectivity index (χ3n) is 1.37. The lowest BCUT2D eigenvalue weighted by molar-refractivity contribution is 0.198. The number of aliphatic hydroxyl groups excluding tert-OH is 1. The molecule has 0 aliphatic heterocycles. The third kappa shape index (κ3) is 5.89. The molecule has 0 aliphatic rings. The molecule has 2 nitrogen and oxygen atoms in total. The maximum Gasteiger partial charge on any atom is 0.0872 e. The van der Waals surface area contributed by atoms with Crippen LogP contribution in [0.3, 0.4) is 0 Å². The fourth-order valence-electron chi connectivity index (χ4n) is 0.593. The smallest absolute Gasteiger partial charge is 0.0872 e. The zero-order valence-corrected chi connectivity index (χ0v) is 7.64. The Hall–Kier alpha value is -0.860. The van der Waals surface area contributed by atoms with Crippen molar-refractivity contribution in [2.24, 2.45) is 5.73 Å². The highest BCUT2D eigenvalue weighted by Gasteiger charge is 2.02. The summed E-state index contributed by atoms with van der Waals surface area (Å²) in [6.45, 7) is 3.72. The summed E-state index contributed by atoms with van der Waals surface area (Å²) in [5, 5.41) is 9.22. The van der Waals surface area contributed by atoms with Crippen LogP contribution < -0.4 is 5.73 Å². The highest BCUT2D eigenvalue weighted by Crippen LogP contribution is 1.91. The van der Waals surface area contributed by atoms with Gasteiger partial charge in [-0.2, -0.15) is 0 Å². The summed E-state index contributed by atoms with van der Waals surface area (Å²) in [5.41, 5.74) is 5.44. The van der Waals surface area contributed by atoms with Crippen LogP contribution >= 0.6 is 0 Å². The van der Waals surface area contributed by atoms with Gasteiger partial charge in [0, 0.05) is 6.04 Å². The van der Waals surface area contributed by atoms with Crippen LogP contribution in [-0.2, 0) is 0 Å². The number of aliphatic hydroxyl groups is 1. The van der Waals surface area contributed by atoms with Crippen LogP contribution in [0, 0.1) is 0 Å². The van der Waals surface area contributed by atoms with Crippen LogP contribution in [0.4, 0.5) is 0 Å². The van der Waals surface area contributed by atoms with E-state index in [4.69, 9.17) is 5.73 Å². The van der Waals surface area contributed by atoms with Crippen molar-refractivity contribution in [1.29, 1.82) is 0 Å². The van der Waals surface area contributed by atoms with Gasteiger partial charge in [-0.15, -0.1) is 0 Å². The minimum atomic E-state index is -0.555. The van der Waals surface area contributed by atoms with E-state index in [2.05, 4.69) is 0 Å². The van der Waals surface area contributed by atoms with Gasteiger partial charge in [-0.25, -0.2) is 0 Å². The summed E-state index contributed by atoms with van der Waals surface area (Å²) < 4.78 is 0. The predicted molar refractivity (Wildman–Crippen MR) is 52.8 cm³/mol. The molecule has 12 heavy (non-hydrogen) atoms. The average molecular weight is 167 g/mol. The largest absolute Gasteiger partial charge is 0.387 e. The van der Waals surface area contributed by atoms with E-state index in [1.165, 1.54) is 0 Å². The molecule has 2 atom stereocenters. The minimum Gasteiger partial charge on any atom is -0.387 e. The molecule has 0 fully saturated rings. The quantitative estimate of drug-likeness (QED) is 0.621. The minimum absolute atomic E-state index is 0.212. The Kier molecular flexibility index (Phi) is 6.34. The van der Waals surface area contributed by atoms with Gasteiger partial charge < -0.3 is 10.8 Å². The van der Waals surface area contributed by atoms with Crippen molar-refractivity contribution in [1.82, 2.24) is 0 Å². The summed E-state index contributed by atoms with van der Waals surface area (Å²) in [5.74, 6) is 0. The van der Waals surface area contributed by atoms with Crippen LogP contribution in [-0.4, -0.2) is 17.3 Å². The predicted octanol–water partition coefficient (Wildman–Crippen LogP) is 1.38. The van der Waals surface area contributed by atoms with Gasteiger partial charge in [0.05, 0.1) is 6.10 Å². The highest BCUT2D eigenvalue weighted by molar-refractivity contribution is 5.12. The fourth-order valence-corrected chi connectivity index (χ4v) is 0.593. The van der Waals surface area contributed by atoms with Gasteiger partial charge >= 0.3 is 0 Å². The molecule has 0 rings (SSSR count). The zero-order valence-electron chi connectivity index (χ0n) is 7.64. The van der Waals surface area contributed by atoms with Gasteiger partial charge in [-0.3, -0.25) is 0 Å². The molecule has 0 heterocycles. The lowest BCUT2D eigenvalue weighted by Crippen LogP contribution is -2.29. The summed E-state index contributed by atoms with van der Waals surface area (Å²) >= 11 is 0. The Morgan fingerprint density at radius 2 is 1.75 bits per heavy atom. The van der Waals surface area contributed by atoms with E-state index >= 15 is 0 Å². The first-order chi connectivity index (χ1) is 5.68. The Bertz CT molecular complexity index is 180. The molecule has 68 valence electrons. The van der Waals surface area contributed by atoms with Gasteiger partial charge in [-0.1, -0.05) is 36.5 Å². The van der Waals surface area contributed by atoms with Gasteiger partial charge in [0.2, 0.25) is 0 Å². The van der Waals surface area contributed by atoms with Crippen molar-refractivity contribution < 1.29 is 5.11 Å². The molecule has 0 spiro atoms. The molecule has 0 amide bonds. The van der Waals surface area contributed by atoms with Crippen molar-refractivity contribution in [3.05, 3.63) is 36.5 Å². The molecule has 0 aliphatic carbocycles. The van der Waals surface area contributed by atoms with E-state index in [1.54, 1.807) is 19.1 Å². The standard InChI is InChI=1S/C10H17NO/c1-3-4-5-6-7-8-10(12)9(2)11/h3-10,12H,11H2,1-2H3/b4-3+,6-5+,8-7+. The summed E-state index contributed by atoms with van der Waals surface area (Å²) in [7, 11) is 0. The van der Waals surface area contributed by atoms with Crippen molar-refractivity contribution in [3.63, 3.8) is 0 Å². The molecule has 0 radical (unpaired) electrons. The molecular weight excluding hydrogens is 150 g/mol. The number of hydrogen-bond acceptors (Lipinski definition) is 2. The van der Waals surface area contributed by atoms with Crippen molar-refractivity contribution in [2.75, 3.05) is 0 Å². The highest BCUT2D eigenvalue weighted by atomic mass is 16.3. The Morgan fingerprint density at radius 3 is 2.25 bits per heavy atom. The number of rotatable bonds is 4. The molecular formula is C10H17NO. The van der Waals surface area contributed by atoms with Crippen molar-refractivity contribution in [2.45, 2.75) is 26.0 Å². The van der Waals surface area contributed by atoms with Crippen molar-refractivity contribution in [3.8, 4) is 0 Å². The Labute approximate surface area is 74.1 Å². The molecule has 2 heteroatoms. The molecule has 0 aromatic carbocycles. The molecule has 0 aromatic heterocycles. The first-order valence-electron chi connectivity index (χ1n) is 4.08. The normalized spacial score (nSPS) is 18.0. The molecule has 3 N–H and O–H groups in total. The molecule has 0 aromatic rings. The third-order valence-corrected chi connectivity index (χ3v) is 1.37. The maximum absolute atomic E-state index is 9.22. The maximum atomic E-state index is 9.22. The fraction of sp³-hybridized carbons (Fsp3) is 0.400. The molecule has 0 saturated carbocycles. The molecule has 2 unspecified atom stereocenters. The van der Waals surface area contributed by atoms with E-state index in [-0.39, 0.29) is 6.04 Å². The number of nitrogens with two attached hydrogens (primary N) is 1. The van der Waals surface area contributed by atoms with E-state index in [0.29, 0.717) is 0 Å². The second kappa shape index (κ2) is 6.83. The van der Waals surface area contributed by atoms with Crippen LogP contribution in [0.2, 0.25) is 0 Å². The van der Waals surface area contributed by atoms with Crippen molar-refractivity contribution >= 4 is 0 Å². The summed E-state index contributed by atoms with van der Waals surface area (Å²) in [4.78, 5) is 0. The Morgan fingerprint density at radius 1 is 1.17 bits per heavy atom. The number of allylic oxidation sites excluding steroid dienone is 5. The van der Waals surface area contributed by atoms with Gasteiger partial charge in [-0.05, 0) is 13.8 Å². The van der Waals surface area contributed by atoms with E-state index in [1.807, 2.05) is 31.2 Å². The van der Waals surface area contributed by atoms with Gasteiger partial charge in [0.25, 0.3) is 0 Å². The van der Waals surface area contributed by atoms with E-state index < -0.39 is 6.10 Å². The van der Waals surface area contributed by atoms with Crippen LogP contribution in [0.1, 0.15) is 13.8 Å². The van der Waals surface area contributed by atoms with Gasteiger partial charge in [0.1, 0.15) is 0 Å². The zero-order chi connectivity index (χ0) is 9.40. The first kappa shape index (κ1) is 11.1. The molecule has 0 saturated heterocycles. The second-order valence-corrected chi connectivity index (χ2v) is 2.65. The second-order valence-electron chi connectivity index (χ2n) is 2.65. The lowest BCUT2D eigenvalue weighted by Gasteiger charge is -2.07. The van der Waals surface area contributed by atoms with Crippen LogP contribution in [0.25, 0.3) is 0 Å². The van der Waals surface area contributed by atoms with Crippen LogP contribution in [0.15, 0.2) is 36.5 Å². The van der Waals surface area contributed by atoms with E-state index in [0.717, 1.165) is 0 Å². The number of hydrogen-bond donors (Lipinski definition) is 2. The Balaban J connectivity index is 3.75. The SMILES string of the molecule is C/C=C/C=C/C=C/C(O)C(C)N. The molecule has 0 bridgehead atoms. The van der Waals surface area contributed by atoms with Crippen LogP contribution in [0.5, 0.6) is 0 Å². The van der Waals surface area contributed by atoms with E-state index in [9.17, 15) is 5.11 Å². The topological polar surface area (TPSA) is 46.2 Å². The average Bonchev–Trinajstić information content (AvgIpc) is 2.03. The summed E-state index contributed by atoms with van der Waals surface area (Å²) in [6, 6.07) is -0.212. The lowest BCUT2D eigenvalue weighted by atomic mass is 10.2. The van der Waals surface area contributed by atoms with Gasteiger partial charge in [0.15, 0.2) is 0 Å².